The first kappa shape index (κ1) is 25.3. The Balaban J connectivity index is 1.81. The van der Waals surface area contributed by atoms with E-state index in [2.05, 4.69) is 0 Å². The van der Waals surface area contributed by atoms with E-state index in [-0.39, 0.29) is 28.6 Å². The second-order valence-corrected chi connectivity index (χ2v) is 7.44. The summed E-state index contributed by atoms with van der Waals surface area (Å²) in [5.41, 5.74) is 0.396. The summed E-state index contributed by atoms with van der Waals surface area (Å²) in [5, 5.41) is 59.7. The molecule has 0 aliphatic carbocycles. The van der Waals surface area contributed by atoms with Crippen LogP contribution in [-0.4, -0.2) is 88.0 Å². The normalized spacial score (nSPS) is 24.7. The number of aliphatic hydroxyl groups excluding tert-OH is 4. The molecule has 11 nitrogen and oxygen atoms in total. The van der Waals surface area contributed by atoms with E-state index in [1.165, 1.54) is 50.6 Å². The molecule has 0 unspecified atom stereocenters. The van der Waals surface area contributed by atoms with Gasteiger partial charge in [-0.2, -0.15) is 0 Å². The Bertz CT molecular complexity index is 1050. The Morgan fingerprint density at radius 2 is 1.71 bits per heavy atom. The van der Waals surface area contributed by atoms with Gasteiger partial charge in [-0.25, -0.2) is 0 Å². The van der Waals surface area contributed by atoms with Gasteiger partial charge in [0.25, 0.3) is 0 Å². The minimum absolute atomic E-state index is 0.101. The van der Waals surface area contributed by atoms with Crippen molar-refractivity contribution in [1.29, 1.82) is 0 Å². The van der Waals surface area contributed by atoms with Crippen molar-refractivity contribution in [2.45, 2.75) is 30.7 Å². The van der Waals surface area contributed by atoms with Crippen LogP contribution in [0.25, 0.3) is 6.08 Å². The Hall–Kier alpha value is -3.35. The fraction of sp³-hybridized carbons (Fsp3) is 0.348. The Kier molecular flexibility index (Phi) is 7.97. The molecule has 0 spiro atoms. The molecule has 6 N–H and O–H groups in total. The Morgan fingerprint density at radius 3 is 2.32 bits per heavy atom. The van der Waals surface area contributed by atoms with E-state index in [4.69, 9.17) is 18.9 Å². The van der Waals surface area contributed by atoms with Gasteiger partial charge >= 0.3 is 0 Å². The molecule has 0 saturated carbocycles. The number of rotatable bonds is 8. The summed E-state index contributed by atoms with van der Waals surface area (Å²) in [6.07, 6.45) is -4.96. The predicted octanol–water partition coefficient (Wildman–Crippen LogP) is 0.190. The van der Waals surface area contributed by atoms with Gasteiger partial charge in [-0.15, -0.1) is 0 Å². The van der Waals surface area contributed by atoms with Gasteiger partial charge in [0.05, 0.1) is 26.4 Å². The molecule has 0 amide bonds. The van der Waals surface area contributed by atoms with Gasteiger partial charge in [0.15, 0.2) is 28.8 Å². The van der Waals surface area contributed by atoms with E-state index in [1.54, 1.807) is 6.07 Å². The highest BCUT2D eigenvalue weighted by atomic mass is 16.7. The number of phenols is 2. The SMILES string of the molecule is COc1ccc(/C=C/C(=O)c2ccc(O[C@@H]3O[C@H](CO)[C@@H](O)[C@@H](O)[C@H]3O)c(OC)c2O)cc1O. The molecule has 184 valence electrons. The highest BCUT2D eigenvalue weighted by molar-refractivity contribution is 6.09. The second-order valence-electron chi connectivity index (χ2n) is 7.44. The quantitative estimate of drug-likeness (QED) is 0.226. The topological polar surface area (TPSA) is 175 Å². The van der Waals surface area contributed by atoms with Crippen molar-refractivity contribution in [3.05, 3.63) is 47.5 Å². The number of carbonyl (C=O) groups excluding carboxylic acids is 1. The molecule has 34 heavy (non-hydrogen) atoms. The number of methoxy groups -OCH3 is 2. The third-order valence-electron chi connectivity index (χ3n) is 5.29. The molecular formula is C23H26O11. The smallest absolute Gasteiger partial charge is 0.229 e. The molecule has 2 aromatic rings. The van der Waals surface area contributed by atoms with E-state index in [0.717, 1.165) is 0 Å². The highest BCUT2D eigenvalue weighted by Gasteiger charge is 2.45. The van der Waals surface area contributed by atoms with Crippen LogP contribution in [0.1, 0.15) is 15.9 Å². The van der Waals surface area contributed by atoms with Crippen LogP contribution in [0.15, 0.2) is 36.4 Å². The van der Waals surface area contributed by atoms with Crippen LogP contribution in [0.4, 0.5) is 0 Å². The number of allylic oxidation sites excluding steroid dienone is 1. The monoisotopic (exact) mass is 478 g/mol. The van der Waals surface area contributed by atoms with Crippen LogP contribution in [0.5, 0.6) is 28.7 Å². The molecule has 1 aliphatic heterocycles. The van der Waals surface area contributed by atoms with Crippen molar-refractivity contribution in [1.82, 2.24) is 0 Å². The molecule has 0 aromatic heterocycles. The summed E-state index contributed by atoms with van der Waals surface area (Å²) < 4.78 is 20.9. The van der Waals surface area contributed by atoms with Crippen LogP contribution >= 0.6 is 0 Å². The maximum absolute atomic E-state index is 12.6. The first-order valence-electron chi connectivity index (χ1n) is 10.2. The van der Waals surface area contributed by atoms with Gasteiger partial charge in [0, 0.05) is 0 Å². The molecule has 1 fully saturated rings. The average Bonchev–Trinajstić information content (AvgIpc) is 2.83. The van der Waals surface area contributed by atoms with E-state index in [1.807, 2.05) is 0 Å². The summed E-state index contributed by atoms with van der Waals surface area (Å²) in [4.78, 5) is 12.6. The zero-order chi connectivity index (χ0) is 25.0. The van der Waals surface area contributed by atoms with Gasteiger partial charge in [0.1, 0.15) is 24.4 Å². The molecule has 3 rings (SSSR count). The number of benzene rings is 2. The van der Waals surface area contributed by atoms with Crippen LogP contribution in [0.2, 0.25) is 0 Å². The van der Waals surface area contributed by atoms with Crippen LogP contribution in [-0.2, 0) is 4.74 Å². The molecule has 5 atom stereocenters. The lowest BCUT2D eigenvalue weighted by atomic mass is 9.99. The molecular weight excluding hydrogens is 452 g/mol. The summed E-state index contributed by atoms with van der Waals surface area (Å²) in [5.74, 6) is -1.30. The number of ketones is 1. The largest absolute Gasteiger partial charge is 0.504 e. The van der Waals surface area contributed by atoms with Crippen LogP contribution in [0, 0.1) is 0 Å². The van der Waals surface area contributed by atoms with Crippen molar-refractivity contribution >= 4 is 11.9 Å². The Labute approximate surface area is 194 Å². The van der Waals surface area contributed by atoms with Crippen molar-refractivity contribution in [2.24, 2.45) is 0 Å². The third-order valence-corrected chi connectivity index (χ3v) is 5.29. The number of ether oxygens (including phenoxy) is 4. The first-order valence-corrected chi connectivity index (χ1v) is 10.2. The lowest BCUT2D eigenvalue weighted by molar-refractivity contribution is -0.277. The second kappa shape index (κ2) is 10.7. The number of hydrogen-bond donors (Lipinski definition) is 6. The maximum atomic E-state index is 12.6. The zero-order valence-corrected chi connectivity index (χ0v) is 18.4. The number of aliphatic hydroxyl groups is 4. The third kappa shape index (κ3) is 5.08. The van der Waals surface area contributed by atoms with Gasteiger partial charge in [-0.05, 0) is 35.9 Å². The van der Waals surface area contributed by atoms with Crippen molar-refractivity contribution < 1.29 is 54.4 Å². The van der Waals surface area contributed by atoms with Crippen molar-refractivity contribution in [3.8, 4) is 28.7 Å². The van der Waals surface area contributed by atoms with Crippen molar-refractivity contribution in [2.75, 3.05) is 20.8 Å². The minimum atomic E-state index is -1.67. The van der Waals surface area contributed by atoms with E-state index < -0.39 is 48.8 Å². The van der Waals surface area contributed by atoms with Gasteiger partial charge in [-0.3, -0.25) is 4.79 Å². The average molecular weight is 478 g/mol. The summed E-state index contributed by atoms with van der Waals surface area (Å²) in [6.45, 7) is -0.640. The van der Waals surface area contributed by atoms with Gasteiger partial charge < -0.3 is 49.6 Å². The lowest BCUT2D eigenvalue weighted by Gasteiger charge is -2.39. The lowest BCUT2D eigenvalue weighted by Crippen LogP contribution is -2.60. The Morgan fingerprint density at radius 1 is 1.00 bits per heavy atom. The summed E-state index contributed by atoms with van der Waals surface area (Å²) in [6, 6.07) is 7.11. The fourth-order valence-corrected chi connectivity index (χ4v) is 3.40. The summed E-state index contributed by atoms with van der Waals surface area (Å²) >= 11 is 0. The van der Waals surface area contributed by atoms with E-state index in [9.17, 15) is 35.4 Å². The number of hydrogen-bond acceptors (Lipinski definition) is 11. The molecule has 2 aromatic carbocycles. The minimum Gasteiger partial charge on any atom is -0.504 e. The van der Waals surface area contributed by atoms with Crippen LogP contribution < -0.4 is 14.2 Å². The van der Waals surface area contributed by atoms with E-state index >= 15 is 0 Å². The fourth-order valence-electron chi connectivity index (χ4n) is 3.40. The number of phenolic OH excluding ortho intramolecular Hbond substituents is 2. The molecule has 1 heterocycles. The number of aromatic hydroxyl groups is 2. The molecule has 11 heteroatoms. The van der Waals surface area contributed by atoms with Crippen LogP contribution in [0.3, 0.4) is 0 Å². The molecule has 1 aliphatic rings. The van der Waals surface area contributed by atoms with Gasteiger partial charge in [0.2, 0.25) is 12.0 Å². The molecule has 0 radical (unpaired) electrons. The number of carbonyl (C=O) groups is 1. The standard InChI is InChI=1S/C23H26O11/c1-31-15-7-4-11(9-14(15)26)3-6-13(25)12-5-8-16(22(32-2)18(12)27)33-23-21(30)20(29)19(28)17(10-24)34-23/h3-9,17,19-21,23-24,26-30H,10H2,1-2H3/b6-3+/t17-,19-,20-,21-,23-/m1/s1. The zero-order valence-electron chi connectivity index (χ0n) is 18.4. The maximum Gasteiger partial charge on any atom is 0.229 e. The highest BCUT2D eigenvalue weighted by Crippen LogP contribution is 2.41. The summed E-state index contributed by atoms with van der Waals surface area (Å²) in [7, 11) is 2.63. The molecule has 0 bridgehead atoms. The van der Waals surface area contributed by atoms with Gasteiger partial charge in [-0.1, -0.05) is 12.1 Å². The first-order chi connectivity index (χ1) is 16.2. The van der Waals surface area contributed by atoms with E-state index in [0.29, 0.717) is 5.56 Å². The molecule has 1 saturated heterocycles. The van der Waals surface area contributed by atoms with Crippen molar-refractivity contribution in [3.63, 3.8) is 0 Å². The predicted molar refractivity (Wildman–Crippen MR) is 117 cm³/mol.